The summed E-state index contributed by atoms with van der Waals surface area (Å²) in [6.07, 6.45) is 0.904. The number of halogens is 1. The summed E-state index contributed by atoms with van der Waals surface area (Å²) in [5.74, 6) is 0. The van der Waals surface area contributed by atoms with Gasteiger partial charge in [0, 0.05) is 24.0 Å². The average Bonchev–Trinajstić information content (AvgIpc) is 2.78. The van der Waals surface area contributed by atoms with Crippen molar-refractivity contribution in [3.63, 3.8) is 0 Å². The van der Waals surface area contributed by atoms with E-state index in [1.54, 1.807) is 0 Å². The van der Waals surface area contributed by atoms with Crippen molar-refractivity contribution >= 4 is 34.6 Å². The maximum atomic E-state index is 5.87. The van der Waals surface area contributed by atoms with Crippen molar-refractivity contribution in [2.24, 2.45) is 5.10 Å². The first-order valence-corrected chi connectivity index (χ1v) is 6.76. The Hall–Kier alpha value is -1.13. The molecule has 0 unspecified atom stereocenters. The van der Waals surface area contributed by atoms with Crippen LogP contribution in [0.2, 0.25) is 5.02 Å². The minimum absolute atomic E-state index is 0.326. The average molecular weight is 282 g/mol. The minimum atomic E-state index is 0.326. The van der Waals surface area contributed by atoms with Crippen LogP contribution in [0.4, 0.5) is 0 Å². The number of thiocarbonyl (C=S) groups is 1. The van der Waals surface area contributed by atoms with Gasteiger partial charge in [0.1, 0.15) is 0 Å². The van der Waals surface area contributed by atoms with E-state index < -0.39 is 0 Å². The van der Waals surface area contributed by atoms with Gasteiger partial charge in [-0.2, -0.15) is 5.10 Å². The molecule has 1 aromatic rings. The van der Waals surface area contributed by atoms with Gasteiger partial charge in [0.2, 0.25) is 0 Å². The molecule has 1 aliphatic heterocycles. The number of nitrogens with one attached hydrogen (secondary N) is 1. The largest absolute Gasteiger partial charge is 0.359 e. The minimum Gasteiger partial charge on any atom is -0.359 e. The smallest absolute Gasteiger partial charge is 0.189 e. The van der Waals surface area contributed by atoms with Crippen LogP contribution in [0.25, 0.3) is 0 Å². The van der Waals surface area contributed by atoms with Crippen LogP contribution in [0.1, 0.15) is 25.8 Å². The lowest BCUT2D eigenvalue weighted by atomic mass is 10.1. The standard InChI is InChI=1S/C13H16ClN3S/c1-9(2)15-13(18)17-8-7-12(16-17)10-3-5-11(14)6-4-10/h3-6,9H,7-8H2,1-2H3,(H,15,18). The van der Waals surface area contributed by atoms with E-state index in [4.69, 9.17) is 23.8 Å². The van der Waals surface area contributed by atoms with Gasteiger partial charge < -0.3 is 5.32 Å². The molecule has 96 valence electrons. The lowest BCUT2D eigenvalue weighted by Crippen LogP contribution is -2.38. The van der Waals surface area contributed by atoms with Crippen LogP contribution in [0.3, 0.4) is 0 Å². The van der Waals surface area contributed by atoms with Gasteiger partial charge in [-0.3, -0.25) is 0 Å². The number of hydrogen-bond donors (Lipinski definition) is 1. The summed E-state index contributed by atoms with van der Waals surface area (Å²) in [6.45, 7) is 4.95. The van der Waals surface area contributed by atoms with E-state index in [0.717, 1.165) is 29.3 Å². The van der Waals surface area contributed by atoms with Gasteiger partial charge in [-0.25, -0.2) is 5.01 Å². The number of hydrogen-bond acceptors (Lipinski definition) is 2. The van der Waals surface area contributed by atoms with Crippen LogP contribution in [-0.2, 0) is 0 Å². The molecule has 1 N–H and O–H groups in total. The zero-order chi connectivity index (χ0) is 13.1. The molecule has 0 aliphatic carbocycles. The molecule has 0 bridgehead atoms. The quantitative estimate of drug-likeness (QED) is 0.845. The number of rotatable bonds is 2. The molecule has 3 nitrogen and oxygen atoms in total. The lowest BCUT2D eigenvalue weighted by molar-refractivity contribution is 0.472. The SMILES string of the molecule is CC(C)NC(=S)N1CCC(c2ccc(Cl)cc2)=N1. The Bertz CT molecular complexity index is 468. The fraction of sp³-hybridized carbons (Fsp3) is 0.385. The first-order valence-electron chi connectivity index (χ1n) is 5.97. The van der Waals surface area contributed by atoms with Crippen molar-refractivity contribution in [3.8, 4) is 0 Å². The summed E-state index contributed by atoms with van der Waals surface area (Å²) >= 11 is 11.2. The number of hydrazone groups is 1. The summed E-state index contributed by atoms with van der Waals surface area (Å²) in [5, 5.41) is 11.0. The molecule has 0 atom stereocenters. The molecule has 0 saturated heterocycles. The van der Waals surface area contributed by atoms with E-state index in [9.17, 15) is 0 Å². The third kappa shape index (κ3) is 3.21. The fourth-order valence-corrected chi connectivity index (χ4v) is 2.26. The van der Waals surface area contributed by atoms with Gasteiger partial charge in [0.15, 0.2) is 5.11 Å². The molecule has 0 radical (unpaired) electrons. The molecule has 0 aromatic heterocycles. The third-order valence-corrected chi connectivity index (χ3v) is 3.21. The van der Waals surface area contributed by atoms with E-state index >= 15 is 0 Å². The summed E-state index contributed by atoms with van der Waals surface area (Å²) < 4.78 is 0. The van der Waals surface area contributed by atoms with E-state index in [2.05, 4.69) is 24.3 Å². The zero-order valence-corrected chi connectivity index (χ0v) is 12.1. The maximum Gasteiger partial charge on any atom is 0.189 e. The first-order chi connectivity index (χ1) is 8.56. The Morgan fingerprint density at radius 2 is 2.06 bits per heavy atom. The van der Waals surface area contributed by atoms with Crippen LogP contribution >= 0.6 is 23.8 Å². The van der Waals surface area contributed by atoms with Gasteiger partial charge in [0.05, 0.1) is 5.71 Å². The summed E-state index contributed by atoms with van der Waals surface area (Å²) in [5.41, 5.74) is 2.16. The number of nitrogens with zero attached hydrogens (tertiary/aromatic N) is 2. The number of benzene rings is 1. The predicted octanol–water partition coefficient (Wildman–Crippen LogP) is 3.03. The normalized spacial score (nSPS) is 14.9. The van der Waals surface area contributed by atoms with Gasteiger partial charge in [-0.05, 0) is 43.8 Å². The van der Waals surface area contributed by atoms with Crippen molar-refractivity contribution in [1.29, 1.82) is 0 Å². The Morgan fingerprint density at radius 3 is 2.67 bits per heavy atom. The summed E-state index contributed by atoms with van der Waals surface area (Å²) in [4.78, 5) is 0. The molecule has 2 rings (SSSR count). The molecular weight excluding hydrogens is 266 g/mol. The predicted molar refractivity (Wildman–Crippen MR) is 80.2 cm³/mol. The molecule has 0 saturated carbocycles. The van der Waals surface area contributed by atoms with E-state index in [1.807, 2.05) is 29.3 Å². The van der Waals surface area contributed by atoms with E-state index in [1.165, 1.54) is 0 Å². The summed E-state index contributed by atoms with van der Waals surface area (Å²) in [6, 6.07) is 8.07. The lowest BCUT2D eigenvalue weighted by Gasteiger charge is -2.18. The second-order valence-electron chi connectivity index (χ2n) is 4.53. The van der Waals surface area contributed by atoms with Crippen LogP contribution in [-0.4, -0.2) is 28.4 Å². The van der Waals surface area contributed by atoms with Crippen molar-refractivity contribution in [2.45, 2.75) is 26.3 Å². The van der Waals surface area contributed by atoms with Crippen LogP contribution < -0.4 is 5.32 Å². The highest BCUT2D eigenvalue weighted by molar-refractivity contribution is 7.80. The van der Waals surface area contributed by atoms with Gasteiger partial charge >= 0.3 is 0 Å². The Kier molecular flexibility index (Phi) is 4.19. The van der Waals surface area contributed by atoms with Crippen molar-refractivity contribution in [3.05, 3.63) is 34.9 Å². The molecule has 1 heterocycles. The molecule has 0 spiro atoms. The van der Waals surface area contributed by atoms with Gasteiger partial charge in [-0.15, -0.1) is 0 Å². The van der Waals surface area contributed by atoms with Crippen LogP contribution in [0.5, 0.6) is 0 Å². The van der Waals surface area contributed by atoms with Crippen LogP contribution in [0, 0.1) is 0 Å². The molecule has 1 aliphatic rings. The maximum absolute atomic E-state index is 5.87. The van der Waals surface area contributed by atoms with Crippen molar-refractivity contribution in [2.75, 3.05) is 6.54 Å². The third-order valence-electron chi connectivity index (χ3n) is 2.63. The molecule has 0 fully saturated rings. The highest BCUT2D eigenvalue weighted by atomic mass is 35.5. The zero-order valence-electron chi connectivity index (χ0n) is 10.5. The fourth-order valence-electron chi connectivity index (χ4n) is 1.77. The summed E-state index contributed by atoms with van der Waals surface area (Å²) in [7, 11) is 0. The molecule has 18 heavy (non-hydrogen) atoms. The topological polar surface area (TPSA) is 27.6 Å². The van der Waals surface area contributed by atoms with E-state index in [0.29, 0.717) is 11.2 Å². The van der Waals surface area contributed by atoms with E-state index in [-0.39, 0.29) is 0 Å². The monoisotopic (exact) mass is 281 g/mol. The Morgan fingerprint density at radius 1 is 1.39 bits per heavy atom. The first kappa shape index (κ1) is 13.3. The highest BCUT2D eigenvalue weighted by Gasteiger charge is 2.19. The molecular formula is C13H16ClN3S. The Labute approximate surface area is 118 Å². The molecule has 0 amide bonds. The molecule has 1 aromatic carbocycles. The second-order valence-corrected chi connectivity index (χ2v) is 5.35. The van der Waals surface area contributed by atoms with Gasteiger partial charge in [-0.1, -0.05) is 23.7 Å². The second kappa shape index (κ2) is 5.67. The van der Waals surface area contributed by atoms with Crippen LogP contribution in [0.15, 0.2) is 29.4 Å². The van der Waals surface area contributed by atoms with Crippen molar-refractivity contribution < 1.29 is 0 Å². The highest BCUT2D eigenvalue weighted by Crippen LogP contribution is 2.16. The Balaban J connectivity index is 2.08. The van der Waals surface area contributed by atoms with Gasteiger partial charge in [0.25, 0.3) is 0 Å². The molecule has 5 heteroatoms. The van der Waals surface area contributed by atoms with Crippen molar-refractivity contribution in [1.82, 2.24) is 10.3 Å².